The first-order valence-corrected chi connectivity index (χ1v) is 4.99. The van der Waals surface area contributed by atoms with E-state index in [1.54, 1.807) is 13.8 Å². The molecule has 1 rings (SSSR count). The lowest BCUT2D eigenvalue weighted by molar-refractivity contribution is -0.146. The van der Waals surface area contributed by atoms with Crippen molar-refractivity contribution >= 4 is 5.97 Å². The number of nitrogens with one attached hydrogen (secondary N) is 1. The van der Waals surface area contributed by atoms with Crippen molar-refractivity contribution in [2.45, 2.75) is 45.6 Å². The predicted octanol–water partition coefficient (Wildman–Crippen LogP) is 1.63. The van der Waals surface area contributed by atoms with Gasteiger partial charge in [-0.2, -0.15) is 0 Å². The number of hydrogen-bond donors (Lipinski definition) is 2. The van der Waals surface area contributed by atoms with Crippen molar-refractivity contribution in [1.82, 2.24) is 5.32 Å². The second kappa shape index (κ2) is 4.09. The van der Waals surface area contributed by atoms with Gasteiger partial charge in [-0.25, -0.2) is 0 Å². The van der Waals surface area contributed by atoms with E-state index in [4.69, 9.17) is 5.11 Å². The summed E-state index contributed by atoms with van der Waals surface area (Å²) in [7, 11) is 0. The maximum Gasteiger partial charge on any atom is 0.310 e. The molecular weight excluding hydrogens is 166 g/mol. The first-order valence-electron chi connectivity index (χ1n) is 4.99. The fourth-order valence-corrected chi connectivity index (χ4v) is 1.61. The van der Waals surface area contributed by atoms with Crippen LogP contribution in [0.15, 0.2) is 0 Å². The fraction of sp³-hybridized carbons (Fsp3) is 0.900. The molecule has 1 saturated carbocycles. The maximum absolute atomic E-state index is 10.8. The molecule has 1 fully saturated rings. The number of carboxylic acid groups (broad SMARTS) is 1. The summed E-state index contributed by atoms with van der Waals surface area (Å²) in [6.07, 6.45) is 4.97. The highest BCUT2D eigenvalue weighted by Gasteiger charge is 2.28. The molecule has 0 saturated heterocycles. The molecule has 0 bridgehead atoms. The first-order chi connectivity index (χ1) is 6.02. The third-order valence-corrected chi connectivity index (χ3v) is 2.77. The average molecular weight is 185 g/mol. The Balaban J connectivity index is 2.28. The Morgan fingerprint density at radius 2 is 2.00 bits per heavy atom. The van der Waals surface area contributed by atoms with E-state index < -0.39 is 11.4 Å². The van der Waals surface area contributed by atoms with Gasteiger partial charge in [-0.3, -0.25) is 4.79 Å². The number of aliphatic carboxylic acids is 1. The van der Waals surface area contributed by atoms with E-state index in [0.717, 1.165) is 0 Å². The lowest BCUT2D eigenvalue weighted by atomic mass is 9.93. The van der Waals surface area contributed by atoms with Crippen molar-refractivity contribution in [3.63, 3.8) is 0 Å². The first kappa shape index (κ1) is 10.5. The molecule has 3 heteroatoms. The highest BCUT2D eigenvalue weighted by molar-refractivity contribution is 5.73. The standard InChI is InChI=1S/C10H19NO2/c1-10(2,9(12)13)7-11-8-5-3-4-6-8/h8,11H,3-7H2,1-2H3,(H,12,13). The molecule has 3 nitrogen and oxygen atoms in total. The summed E-state index contributed by atoms with van der Waals surface area (Å²) in [5.41, 5.74) is -0.636. The fourth-order valence-electron chi connectivity index (χ4n) is 1.61. The van der Waals surface area contributed by atoms with Gasteiger partial charge in [-0.15, -0.1) is 0 Å². The van der Waals surface area contributed by atoms with Gasteiger partial charge in [0.05, 0.1) is 5.41 Å². The van der Waals surface area contributed by atoms with Crippen molar-refractivity contribution in [3.8, 4) is 0 Å². The molecule has 0 aromatic heterocycles. The molecular formula is C10H19NO2. The van der Waals surface area contributed by atoms with E-state index in [-0.39, 0.29) is 0 Å². The number of rotatable bonds is 4. The zero-order chi connectivity index (χ0) is 9.90. The Bertz CT molecular complexity index is 183. The van der Waals surface area contributed by atoms with Gasteiger partial charge < -0.3 is 10.4 Å². The van der Waals surface area contributed by atoms with Crippen LogP contribution < -0.4 is 5.32 Å². The predicted molar refractivity (Wildman–Crippen MR) is 51.7 cm³/mol. The van der Waals surface area contributed by atoms with Crippen LogP contribution in [0.5, 0.6) is 0 Å². The van der Waals surface area contributed by atoms with Gasteiger partial charge in [0.25, 0.3) is 0 Å². The minimum Gasteiger partial charge on any atom is -0.481 e. The van der Waals surface area contributed by atoms with Crippen molar-refractivity contribution in [2.24, 2.45) is 5.41 Å². The molecule has 0 spiro atoms. The van der Waals surface area contributed by atoms with Crippen LogP contribution >= 0.6 is 0 Å². The van der Waals surface area contributed by atoms with Crippen molar-refractivity contribution < 1.29 is 9.90 Å². The van der Waals surface area contributed by atoms with E-state index in [9.17, 15) is 4.79 Å². The van der Waals surface area contributed by atoms with Crippen LogP contribution in [0, 0.1) is 5.41 Å². The van der Waals surface area contributed by atoms with Crippen molar-refractivity contribution in [1.29, 1.82) is 0 Å². The van der Waals surface area contributed by atoms with Crippen LogP contribution in [-0.4, -0.2) is 23.7 Å². The molecule has 2 N–H and O–H groups in total. The maximum atomic E-state index is 10.8. The molecule has 13 heavy (non-hydrogen) atoms. The average Bonchev–Trinajstić information content (AvgIpc) is 2.52. The van der Waals surface area contributed by atoms with E-state index in [1.807, 2.05) is 0 Å². The van der Waals surface area contributed by atoms with Gasteiger partial charge in [0, 0.05) is 12.6 Å². The number of hydrogen-bond acceptors (Lipinski definition) is 2. The molecule has 1 aliphatic carbocycles. The van der Waals surface area contributed by atoms with E-state index in [1.165, 1.54) is 25.7 Å². The van der Waals surface area contributed by atoms with Gasteiger partial charge in [0.15, 0.2) is 0 Å². The van der Waals surface area contributed by atoms with Gasteiger partial charge in [0.1, 0.15) is 0 Å². The number of carboxylic acids is 1. The van der Waals surface area contributed by atoms with Crippen molar-refractivity contribution in [3.05, 3.63) is 0 Å². The smallest absolute Gasteiger partial charge is 0.310 e. The van der Waals surface area contributed by atoms with Gasteiger partial charge in [-0.1, -0.05) is 12.8 Å². The van der Waals surface area contributed by atoms with E-state index in [2.05, 4.69) is 5.32 Å². The molecule has 1 aliphatic rings. The van der Waals surface area contributed by atoms with Crippen LogP contribution in [0.25, 0.3) is 0 Å². The molecule has 0 atom stereocenters. The summed E-state index contributed by atoms with van der Waals surface area (Å²) in [5, 5.41) is 12.2. The summed E-state index contributed by atoms with van der Waals surface area (Å²) in [5.74, 6) is -0.724. The van der Waals surface area contributed by atoms with Crippen LogP contribution in [0.3, 0.4) is 0 Å². The largest absolute Gasteiger partial charge is 0.481 e. The van der Waals surface area contributed by atoms with Crippen LogP contribution in [0.1, 0.15) is 39.5 Å². The van der Waals surface area contributed by atoms with Gasteiger partial charge >= 0.3 is 5.97 Å². The summed E-state index contributed by atoms with van der Waals surface area (Å²) in [6, 6.07) is 0.554. The number of carbonyl (C=O) groups is 1. The lowest BCUT2D eigenvalue weighted by Gasteiger charge is -2.22. The Morgan fingerprint density at radius 1 is 1.46 bits per heavy atom. The van der Waals surface area contributed by atoms with Crippen molar-refractivity contribution in [2.75, 3.05) is 6.54 Å². The van der Waals surface area contributed by atoms with Crippen LogP contribution in [-0.2, 0) is 4.79 Å². The molecule has 0 heterocycles. The topological polar surface area (TPSA) is 49.3 Å². The highest BCUT2D eigenvalue weighted by Crippen LogP contribution is 2.20. The van der Waals surface area contributed by atoms with E-state index >= 15 is 0 Å². The lowest BCUT2D eigenvalue weighted by Crippen LogP contribution is -2.39. The Morgan fingerprint density at radius 3 is 2.46 bits per heavy atom. The second-order valence-corrected chi connectivity index (χ2v) is 4.55. The normalized spacial score (nSPS) is 19.2. The summed E-state index contributed by atoms with van der Waals surface area (Å²) < 4.78 is 0. The summed E-state index contributed by atoms with van der Waals surface area (Å²) in [6.45, 7) is 4.10. The van der Waals surface area contributed by atoms with Crippen LogP contribution in [0.2, 0.25) is 0 Å². The third kappa shape index (κ3) is 2.99. The SMILES string of the molecule is CC(C)(CNC1CCCC1)C(=O)O. The third-order valence-electron chi connectivity index (χ3n) is 2.77. The molecule has 0 amide bonds. The zero-order valence-corrected chi connectivity index (χ0v) is 8.47. The molecule has 76 valence electrons. The second-order valence-electron chi connectivity index (χ2n) is 4.55. The van der Waals surface area contributed by atoms with Crippen LogP contribution in [0.4, 0.5) is 0 Å². The summed E-state index contributed by atoms with van der Waals surface area (Å²) in [4.78, 5) is 10.8. The Kier molecular flexibility index (Phi) is 3.31. The Labute approximate surface area is 79.5 Å². The monoisotopic (exact) mass is 185 g/mol. The highest BCUT2D eigenvalue weighted by atomic mass is 16.4. The molecule has 0 aromatic carbocycles. The van der Waals surface area contributed by atoms with E-state index in [0.29, 0.717) is 12.6 Å². The minimum absolute atomic E-state index is 0.554. The van der Waals surface area contributed by atoms with Gasteiger partial charge in [0.2, 0.25) is 0 Å². The molecule has 0 aromatic rings. The molecule has 0 radical (unpaired) electrons. The minimum atomic E-state index is -0.724. The zero-order valence-electron chi connectivity index (χ0n) is 8.47. The van der Waals surface area contributed by atoms with Gasteiger partial charge in [-0.05, 0) is 26.7 Å². The summed E-state index contributed by atoms with van der Waals surface area (Å²) >= 11 is 0. The quantitative estimate of drug-likeness (QED) is 0.700. The molecule has 0 unspecified atom stereocenters. The molecule has 0 aliphatic heterocycles. The Hall–Kier alpha value is -0.570.